The minimum atomic E-state index is -2.85. The summed E-state index contributed by atoms with van der Waals surface area (Å²) < 4.78 is 52.9. The molecule has 0 aliphatic rings. The molecule has 10 heteroatoms. The zero-order chi connectivity index (χ0) is 20.3. The molecule has 1 atom stereocenters. The van der Waals surface area contributed by atoms with Crippen LogP contribution in [0.2, 0.25) is 0 Å². The number of carbonyl (C=O) groups is 2. The maximum absolute atomic E-state index is 13.5. The summed E-state index contributed by atoms with van der Waals surface area (Å²) in [5.74, 6) is -3.56. The molecule has 1 heterocycles. The second-order valence-electron chi connectivity index (χ2n) is 5.84. The molecule has 0 bridgehead atoms. The first kappa shape index (κ1) is 20.4. The van der Waals surface area contributed by atoms with E-state index >= 15 is 0 Å². The summed E-state index contributed by atoms with van der Waals surface area (Å²) >= 11 is 0. The van der Waals surface area contributed by atoms with Gasteiger partial charge in [-0.15, -0.1) is 0 Å². The average molecular weight is 386 g/mol. The summed E-state index contributed by atoms with van der Waals surface area (Å²) in [7, 11) is 1.32. The highest BCUT2D eigenvalue weighted by molar-refractivity contribution is 5.89. The molecule has 2 aromatic rings. The second kappa shape index (κ2) is 8.19. The Balaban J connectivity index is 2.24. The third kappa shape index (κ3) is 4.44. The van der Waals surface area contributed by atoms with Gasteiger partial charge in [-0.05, 0) is 31.5 Å². The Kier molecular flexibility index (Phi) is 6.19. The van der Waals surface area contributed by atoms with Crippen LogP contribution in [0.3, 0.4) is 0 Å². The van der Waals surface area contributed by atoms with Crippen LogP contribution in [-0.2, 0) is 16.0 Å². The molecular formula is C17H18F4N4O2. The van der Waals surface area contributed by atoms with Gasteiger partial charge in [-0.3, -0.25) is 9.59 Å². The van der Waals surface area contributed by atoms with E-state index in [1.165, 1.54) is 27.0 Å². The van der Waals surface area contributed by atoms with Crippen LogP contribution in [0.25, 0.3) is 0 Å². The van der Waals surface area contributed by atoms with Crippen molar-refractivity contribution in [1.82, 2.24) is 20.4 Å². The summed E-state index contributed by atoms with van der Waals surface area (Å²) in [6.07, 6.45) is -0.304. The lowest BCUT2D eigenvalue weighted by atomic mass is 10.0. The van der Waals surface area contributed by atoms with Crippen LogP contribution >= 0.6 is 0 Å². The van der Waals surface area contributed by atoms with Crippen LogP contribution in [0.5, 0.6) is 0 Å². The van der Waals surface area contributed by atoms with Crippen molar-refractivity contribution in [2.24, 2.45) is 0 Å². The molecule has 1 aromatic carbocycles. The topological polar surface area (TPSA) is 76.0 Å². The van der Waals surface area contributed by atoms with Crippen LogP contribution in [0, 0.1) is 25.5 Å². The molecular weight excluding hydrogens is 368 g/mol. The minimum Gasteiger partial charge on any atom is -0.357 e. The Hall–Kier alpha value is -2.91. The first-order valence-electron chi connectivity index (χ1n) is 7.94. The van der Waals surface area contributed by atoms with Gasteiger partial charge in [-0.2, -0.15) is 13.9 Å². The lowest BCUT2D eigenvalue weighted by Gasteiger charge is -2.18. The predicted octanol–water partition coefficient (Wildman–Crippen LogP) is 2.32. The maximum Gasteiger partial charge on any atom is 0.333 e. The van der Waals surface area contributed by atoms with E-state index in [1.807, 2.05) is 0 Å². The number of hydrogen-bond acceptors (Lipinski definition) is 3. The van der Waals surface area contributed by atoms with Gasteiger partial charge in [0.05, 0.1) is 12.1 Å². The van der Waals surface area contributed by atoms with Gasteiger partial charge in [0, 0.05) is 18.3 Å². The lowest BCUT2D eigenvalue weighted by Crippen LogP contribution is -2.39. The summed E-state index contributed by atoms with van der Waals surface area (Å²) in [5.41, 5.74) is 0.723. The van der Waals surface area contributed by atoms with E-state index in [4.69, 9.17) is 0 Å². The van der Waals surface area contributed by atoms with E-state index in [-0.39, 0.29) is 23.4 Å². The van der Waals surface area contributed by atoms with Gasteiger partial charge in [-0.1, -0.05) is 6.07 Å². The number of likely N-dealkylation sites (N-methyl/N-ethyl adjacent to an activating group) is 1. The third-order valence-electron chi connectivity index (χ3n) is 4.09. The van der Waals surface area contributed by atoms with Gasteiger partial charge in [0.2, 0.25) is 11.8 Å². The Labute approximate surface area is 152 Å². The van der Waals surface area contributed by atoms with Crippen molar-refractivity contribution < 1.29 is 27.2 Å². The molecule has 2 rings (SSSR count). The number of aromatic nitrogens is 2. The number of hydrogen-bond donors (Lipinski definition) is 2. The molecule has 1 unspecified atom stereocenters. The highest BCUT2D eigenvalue weighted by Crippen LogP contribution is 2.21. The average Bonchev–Trinajstić information content (AvgIpc) is 2.90. The van der Waals surface area contributed by atoms with Gasteiger partial charge in [0.25, 0.3) is 0 Å². The van der Waals surface area contributed by atoms with Crippen molar-refractivity contribution in [3.8, 4) is 0 Å². The fourth-order valence-corrected chi connectivity index (χ4v) is 2.65. The van der Waals surface area contributed by atoms with Crippen molar-refractivity contribution in [2.45, 2.75) is 32.9 Å². The van der Waals surface area contributed by atoms with Gasteiger partial charge < -0.3 is 10.6 Å². The highest BCUT2D eigenvalue weighted by Gasteiger charge is 2.25. The van der Waals surface area contributed by atoms with E-state index in [1.54, 1.807) is 0 Å². The van der Waals surface area contributed by atoms with E-state index in [0.29, 0.717) is 10.2 Å². The molecule has 0 fully saturated rings. The second-order valence-corrected chi connectivity index (χ2v) is 5.84. The van der Waals surface area contributed by atoms with Gasteiger partial charge in [-0.25, -0.2) is 13.5 Å². The monoisotopic (exact) mass is 386 g/mol. The molecule has 27 heavy (non-hydrogen) atoms. The Bertz CT molecular complexity index is 867. The molecule has 0 aliphatic carbocycles. The van der Waals surface area contributed by atoms with Gasteiger partial charge in [0.15, 0.2) is 11.6 Å². The van der Waals surface area contributed by atoms with Crippen LogP contribution in [0.15, 0.2) is 18.2 Å². The Morgan fingerprint density at radius 3 is 2.37 bits per heavy atom. The number of carbonyl (C=O) groups excluding carboxylic acids is 2. The summed E-state index contributed by atoms with van der Waals surface area (Å²) in [6, 6.07) is 1.54. The molecule has 2 N–H and O–H groups in total. The summed E-state index contributed by atoms with van der Waals surface area (Å²) in [6.45, 7) is 0.0433. The molecule has 0 aliphatic heterocycles. The third-order valence-corrected chi connectivity index (χ3v) is 4.09. The fraction of sp³-hybridized carbons (Fsp3) is 0.353. The first-order valence-corrected chi connectivity index (χ1v) is 7.94. The first-order chi connectivity index (χ1) is 12.6. The minimum absolute atomic E-state index is 0.0401. The zero-order valence-electron chi connectivity index (χ0n) is 14.8. The summed E-state index contributed by atoms with van der Waals surface area (Å²) in [5, 5.41) is 8.42. The van der Waals surface area contributed by atoms with Crippen LogP contribution < -0.4 is 10.6 Å². The van der Waals surface area contributed by atoms with E-state index in [9.17, 15) is 27.2 Å². The Morgan fingerprint density at radius 1 is 1.19 bits per heavy atom. The fourth-order valence-electron chi connectivity index (χ4n) is 2.65. The predicted molar refractivity (Wildman–Crippen MR) is 88.0 cm³/mol. The standard InChI is InChI=1S/C17H18F4N4O2/c1-8-11(9(2)25(24-8)17(20)21)7-14(26)23-15(16(27)22-3)10-4-5-12(18)13(19)6-10/h4-6,15,17H,7H2,1-3H3,(H,22,27)(H,23,26). The number of rotatable bonds is 6. The van der Waals surface area contributed by atoms with Crippen molar-refractivity contribution >= 4 is 11.8 Å². The highest BCUT2D eigenvalue weighted by atomic mass is 19.3. The lowest BCUT2D eigenvalue weighted by molar-refractivity contribution is -0.128. The largest absolute Gasteiger partial charge is 0.357 e. The van der Waals surface area contributed by atoms with Gasteiger partial charge >= 0.3 is 6.55 Å². The number of halogens is 4. The molecule has 0 spiro atoms. The van der Waals surface area contributed by atoms with Crippen molar-refractivity contribution in [2.75, 3.05) is 7.05 Å². The normalized spacial score (nSPS) is 12.1. The van der Waals surface area contributed by atoms with E-state index in [2.05, 4.69) is 15.7 Å². The van der Waals surface area contributed by atoms with E-state index < -0.39 is 36.0 Å². The molecule has 1 aromatic heterocycles. The Morgan fingerprint density at radius 2 is 1.85 bits per heavy atom. The van der Waals surface area contributed by atoms with E-state index in [0.717, 1.165) is 12.1 Å². The number of nitrogens with zero attached hydrogens (tertiary/aromatic N) is 2. The van der Waals surface area contributed by atoms with Crippen molar-refractivity contribution in [3.63, 3.8) is 0 Å². The molecule has 146 valence electrons. The number of benzene rings is 1. The molecule has 0 saturated heterocycles. The smallest absolute Gasteiger partial charge is 0.333 e. The zero-order valence-corrected chi connectivity index (χ0v) is 14.8. The molecule has 0 saturated carbocycles. The quantitative estimate of drug-likeness (QED) is 0.749. The number of nitrogens with one attached hydrogen (secondary N) is 2. The molecule has 0 radical (unpaired) electrons. The van der Waals surface area contributed by atoms with Crippen molar-refractivity contribution in [1.29, 1.82) is 0 Å². The van der Waals surface area contributed by atoms with Gasteiger partial charge in [0.1, 0.15) is 6.04 Å². The van der Waals surface area contributed by atoms with Crippen LogP contribution in [0.4, 0.5) is 17.6 Å². The number of aryl methyl sites for hydroxylation is 1. The SMILES string of the molecule is CNC(=O)C(NC(=O)Cc1c(C)nn(C(F)F)c1C)c1ccc(F)c(F)c1. The molecule has 2 amide bonds. The number of amides is 2. The van der Waals surface area contributed by atoms with Crippen molar-refractivity contribution in [3.05, 3.63) is 52.3 Å². The van der Waals surface area contributed by atoms with Crippen LogP contribution in [-0.4, -0.2) is 28.6 Å². The summed E-state index contributed by atoms with van der Waals surface area (Å²) in [4.78, 5) is 24.4. The maximum atomic E-state index is 13.5. The van der Waals surface area contributed by atoms with Crippen LogP contribution in [0.1, 0.15) is 35.1 Å². The number of alkyl halides is 2. The molecule has 6 nitrogen and oxygen atoms in total.